The van der Waals surface area contributed by atoms with Crippen molar-refractivity contribution in [3.63, 3.8) is 0 Å². The summed E-state index contributed by atoms with van der Waals surface area (Å²) in [6.07, 6.45) is 2.59. The second kappa shape index (κ2) is 8.79. The first-order valence-electron chi connectivity index (χ1n) is 5.86. The third-order valence-electron chi connectivity index (χ3n) is 2.96. The van der Waals surface area contributed by atoms with Crippen LogP contribution in [0.4, 0.5) is 0 Å². The Hall–Kier alpha value is -0.320. The first kappa shape index (κ1) is 15.7. The third kappa shape index (κ3) is 6.30. The van der Waals surface area contributed by atoms with Crippen LogP contribution in [0.3, 0.4) is 0 Å². The molecule has 0 aromatic carbocycles. The highest BCUT2D eigenvalue weighted by Crippen LogP contribution is 2.14. The van der Waals surface area contributed by atoms with Gasteiger partial charge < -0.3 is 15.5 Å². The van der Waals surface area contributed by atoms with Crippen molar-refractivity contribution in [2.45, 2.75) is 19.8 Å². The minimum Gasteiger partial charge on any atom is -0.354 e. The molecule has 1 aliphatic heterocycles. The van der Waals surface area contributed by atoms with Gasteiger partial charge in [0.1, 0.15) is 0 Å². The van der Waals surface area contributed by atoms with E-state index >= 15 is 0 Å². The average molecular weight is 250 g/mol. The van der Waals surface area contributed by atoms with Gasteiger partial charge in [0.25, 0.3) is 0 Å². The van der Waals surface area contributed by atoms with Crippen molar-refractivity contribution in [2.24, 2.45) is 5.92 Å². The van der Waals surface area contributed by atoms with Crippen LogP contribution in [0, 0.1) is 5.92 Å². The van der Waals surface area contributed by atoms with Gasteiger partial charge in [-0.25, -0.2) is 0 Å². The van der Waals surface area contributed by atoms with Crippen LogP contribution < -0.4 is 10.6 Å². The van der Waals surface area contributed by atoms with Crippen LogP contribution in [-0.2, 0) is 4.79 Å². The molecule has 96 valence electrons. The molecular formula is C11H24ClN3O. The summed E-state index contributed by atoms with van der Waals surface area (Å²) in [7, 11) is 1.78. The number of rotatable bonds is 5. The summed E-state index contributed by atoms with van der Waals surface area (Å²) in [5.74, 6) is 0.961. The maximum Gasteiger partial charge on any atom is 0.233 e. The molecule has 0 aromatic heterocycles. The predicted molar refractivity (Wildman–Crippen MR) is 69.0 cm³/mol. The monoisotopic (exact) mass is 249 g/mol. The Balaban J connectivity index is 0.00000225. The number of likely N-dealkylation sites (N-methyl/N-ethyl adjacent to an activating group) is 1. The summed E-state index contributed by atoms with van der Waals surface area (Å²) in [6, 6.07) is 0. The van der Waals surface area contributed by atoms with Crippen LogP contribution in [0.25, 0.3) is 0 Å². The molecule has 0 aliphatic carbocycles. The zero-order valence-corrected chi connectivity index (χ0v) is 11.1. The SMILES string of the molecule is CNCC(=O)NCCN1CCC(C)CC1.Cl. The normalized spacial score (nSPS) is 17.9. The van der Waals surface area contributed by atoms with E-state index < -0.39 is 0 Å². The van der Waals surface area contributed by atoms with Gasteiger partial charge in [-0.05, 0) is 38.9 Å². The maximum atomic E-state index is 11.1. The topological polar surface area (TPSA) is 44.4 Å². The van der Waals surface area contributed by atoms with E-state index in [-0.39, 0.29) is 18.3 Å². The second-order valence-electron chi connectivity index (χ2n) is 4.40. The van der Waals surface area contributed by atoms with Gasteiger partial charge >= 0.3 is 0 Å². The van der Waals surface area contributed by atoms with E-state index in [1.807, 2.05) is 0 Å². The smallest absolute Gasteiger partial charge is 0.233 e. The largest absolute Gasteiger partial charge is 0.354 e. The molecule has 1 fully saturated rings. The Morgan fingerprint density at radius 1 is 1.38 bits per heavy atom. The lowest BCUT2D eigenvalue weighted by Gasteiger charge is -2.30. The van der Waals surface area contributed by atoms with Crippen molar-refractivity contribution >= 4 is 18.3 Å². The average Bonchev–Trinajstić information content (AvgIpc) is 2.21. The zero-order chi connectivity index (χ0) is 11.1. The molecule has 16 heavy (non-hydrogen) atoms. The van der Waals surface area contributed by atoms with Gasteiger partial charge in [-0.15, -0.1) is 12.4 Å². The summed E-state index contributed by atoms with van der Waals surface area (Å²) >= 11 is 0. The lowest BCUT2D eigenvalue weighted by Crippen LogP contribution is -2.41. The molecule has 1 aliphatic rings. The standard InChI is InChI=1S/C11H23N3O.ClH/c1-10-3-6-14(7-4-10)8-5-13-11(15)9-12-2;/h10,12H,3-9H2,1-2H3,(H,13,15);1H. The van der Waals surface area contributed by atoms with E-state index in [9.17, 15) is 4.79 Å². The number of piperidine rings is 1. The van der Waals surface area contributed by atoms with Crippen LogP contribution in [0.2, 0.25) is 0 Å². The molecule has 1 saturated heterocycles. The van der Waals surface area contributed by atoms with Gasteiger partial charge in [-0.2, -0.15) is 0 Å². The fourth-order valence-electron chi connectivity index (χ4n) is 1.86. The summed E-state index contributed by atoms with van der Waals surface area (Å²) in [6.45, 7) is 6.85. The van der Waals surface area contributed by atoms with Crippen molar-refractivity contribution < 1.29 is 4.79 Å². The highest BCUT2D eigenvalue weighted by molar-refractivity contribution is 5.85. The number of carbonyl (C=O) groups excluding carboxylic acids is 1. The Labute approximate surface area is 105 Å². The maximum absolute atomic E-state index is 11.1. The molecule has 0 unspecified atom stereocenters. The number of nitrogens with one attached hydrogen (secondary N) is 2. The van der Waals surface area contributed by atoms with E-state index in [0.717, 1.165) is 19.0 Å². The molecule has 0 bridgehead atoms. The van der Waals surface area contributed by atoms with E-state index in [0.29, 0.717) is 6.54 Å². The van der Waals surface area contributed by atoms with Gasteiger partial charge in [0.15, 0.2) is 0 Å². The van der Waals surface area contributed by atoms with Crippen LogP contribution in [0.15, 0.2) is 0 Å². The number of carbonyl (C=O) groups is 1. The zero-order valence-electron chi connectivity index (χ0n) is 10.3. The molecule has 0 atom stereocenters. The third-order valence-corrected chi connectivity index (χ3v) is 2.96. The van der Waals surface area contributed by atoms with Gasteiger partial charge in [0, 0.05) is 13.1 Å². The molecule has 0 spiro atoms. The lowest BCUT2D eigenvalue weighted by molar-refractivity contribution is -0.120. The minimum atomic E-state index is 0. The summed E-state index contributed by atoms with van der Waals surface area (Å²) in [4.78, 5) is 13.6. The number of amides is 1. The summed E-state index contributed by atoms with van der Waals surface area (Å²) in [5.41, 5.74) is 0. The molecule has 0 saturated carbocycles. The lowest BCUT2D eigenvalue weighted by atomic mass is 9.99. The molecule has 2 N–H and O–H groups in total. The molecule has 1 amide bonds. The fourth-order valence-corrected chi connectivity index (χ4v) is 1.86. The van der Waals surface area contributed by atoms with Gasteiger partial charge in [0.05, 0.1) is 6.54 Å². The Morgan fingerprint density at radius 2 is 2.00 bits per heavy atom. The van der Waals surface area contributed by atoms with Crippen LogP contribution in [0.5, 0.6) is 0 Å². The first-order valence-corrected chi connectivity index (χ1v) is 5.86. The van der Waals surface area contributed by atoms with Crippen LogP contribution in [-0.4, -0.2) is 50.6 Å². The summed E-state index contributed by atoms with van der Waals surface area (Å²) < 4.78 is 0. The molecular weight excluding hydrogens is 226 g/mol. The predicted octanol–water partition coefficient (Wildman–Crippen LogP) is 0.476. The number of nitrogens with zero attached hydrogens (tertiary/aromatic N) is 1. The molecule has 1 rings (SSSR count). The number of likely N-dealkylation sites (tertiary alicyclic amines) is 1. The second-order valence-corrected chi connectivity index (χ2v) is 4.40. The van der Waals surface area contributed by atoms with E-state index in [1.165, 1.54) is 25.9 Å². The number of hydrogen-bond acceptors (Lipinski definition) is 3. The fraction of sp³-hybridized carbons (Fsp3) is 0.909. The Kier molecular flexibility index (Phi) is 8.61. The Morgan fingerprint density at radius 3 is 2.56 bits per heavy atom. The first-order chi connectivity index (χ1) is 7.22. The van der Waals surface area contributed by atoms with E-state index in [4.69, 9.17) is 0 Å². The molecule has 4 nitrogen and oxygen atoms in total. The van der Waals surface area contributed by atoms with Crippen LogP contribution in [0.1, 0.15) is 19.8 Å². The molecule has 5 heteroatoms. The Bertz CT molecular complexity index is 194. The number of hydrogen-bond donors (Lipinski definition) is 2. The van der Waals surface area contributed by atoms with Crippen molar-refractivity contribution in [1.29, 1.82) is 0 Å². The van der Waals surface area contributed by atoms with Gasteiger partial charge in [-0.3, -0.25) is 4.79 Å². The van der Waals surface area contributed by atoms with Crippen LogP contribution >= 0.6 is 12.4 Å². The van der Waals surface area contributed by atoms with E-state index in [2.05, 4.69) is 22.5 Å². The van der Waals surface area contributed by atoms with Crippen molar-refractivity contribution in [1.82, 2.24) is 15.5 Å². The quantitative estimate of drug-likeness (QED) is 0.745. The van der Waals surface area contributed by atoms with Crippen molar-refractivity contribution in [3.8, 4) is 0 Å². The van der Waals surface area contributed by atoms with Gasteiger partial charge in [-0.1, -0.05) is 6.92 Å². The minimum absolute atomic E-state index is 0. The highest BCUT2D eigenvalue weighted by atomic mass is 35.5. The summed E-state index contributed by atoms with van der Waals surface area (Å²) in [5, 5.41) is 5.74. The van der Waals surface area contributed by atoms with E-state index in [1.54, 1.807) is 7.05 Å². The van der Waals surface area contributed by atoms with Crippen molar-refractivity contribution in [2.75, 3.05) is 39.8 Å². The molecule has 1 heterocycles. The molecule has 0 radical (unpaired) electrons. The molecule has 0 aromatic rings. The number of halogens is 1. The van der Waals surface area contributed by atoms with Gasteiger partial charge in [0.2, 0.25) is 5.91 Å². The highest BCUT2D eigenvalue weighted by Gasteiger charge is 2.14. The van der Waals surface area contributed by atoms with Crippen molar-refractivity contribution in [3.05, 3.63) is 0 Å².